The molecule has 0 bridgehead atoms. The quantitative estimate of drug-likeness (QED) is 0.761. The number of fused-ring (bicyclic) bond motifs is 1. The van der Waals surface area contributed by atoms with E-state index in [9.17, 15) is 4.79 Å². The SMILES string of the molecule is O=C(O)/C=C/c1nc2cccnc2s1. The van der Waals surface area contributed by atoms with Gasteiger partial charge in [-0.15, -0.1) is 0 Å². The molecule has 0 aliphatic carbocycles. The van der Waals surface area contributed by atoms with Gasteiger partial charge in [0.2, 0.25) is 0 Å². The van der Waals surface area contributed by atoms with E-state index in [0.29, 0.717) is 5.01 Å². The Morgan fingerprint density at radius 1 is 1.57 bits per heavy atom. The summed E-state index contributed by atoms with van der Waals surface area (Å²) in [5.41, 5.74) is 0.794. The Bertz CT molecular complexity index is 471. The van der Waals surface area contributed by atoms with Crippen LogP contribution in [0.5, 0.6) is 0 Å². The lowest BCUT2D eigenvalue weighted by Gasteiger charge is -1.80. The molecule has 0 amide bonds. The highest BCUT2D eigenvalue weighted by atomic mass is 32.1. The van der Waals surface area contributed by atoms with E-state index in [1.807, 2.05) is 6.07 Å². The van der Waals surface area contributed by atoms with Crippen LogP contribution in [-0.4, -0.2) is 21.0 Å². The maximum absolute atomic E-state index is 10.3. The number of carboxylic acid groups (broad SMARTS) is 1. The van der Waals surface area contributed by atoms with Gasteiger partial charge in [-0.1, -0.05) is 11.3 Å². The average Bonchev–Trinajstić information content (AvgIpc) is 2.57. The summed E-state index contributed by atoms with van der Waals surface area (Å²) in [7, 11) is 0. The van der Waals surface area contributed by atoms with Crippen LogP contribution in [0.25, 0.3) is 16.4 Å². The standard InChI is InChI=1S/C9H6N2O2S/c12-8(13)4-3-7-11-6-2-1-5-10-9(6)14-7/h1-5H,(H,12,13)/b4-3+. The molecule has 70 valence electrons. The largest absolute Gasteiger partial charge is 0.478 e. The Balaban J connectivity index is 2.40. The molecule has 0 atom stereocenters. The summed E-state index contributed by atoms with van der Waals surface area (Å²) in [6.45, 7) is 0. The number of pyridine rings is 1. The molecule has 14 heavy (non-hydrogen) atoms. The molecule has 0 spiro atoms. The van der Waals surface area contributed by atoms with Gasteiger partial charge in [0, 0.05) is 12.3 Å². The molecule has 0 fully saturated rings. The van der Waals surface area contributed by atoms with Gasteiger partial charge in [-0.2, -0.15) is 0 Å². The van der Waals surface area contributed by atoms with Crippen molar-refractivity contribution in [3.05, 3.63) is 29.4 Å². The van der Waals surface area contributed by atoms with Crippen molar-refractivity contribution in [3.63, 3.8) is 0 Å². The van der Waals surface area contributed by atoms with Crippen LogP contribution >= 0.6 is 11.3 Å². The van der Waals surface area contributed by atoms with Crippen molar-refractivity contribution in [1.82, 2.24) is 9.97 Å². The van der Waals surface area contributed by atoms with Crippen LogP contribution < -0.4 is 0 Å². The minimum atomic E-state index is -0.975. The maximum atomic E-state index is 10.3. The van der Waals surface area contributed by atoms with Crippen LogP contribution in [-0.2, 0) is 4.79 Å². The number of aliphatic carboxylic acids is 1. The van der Waals surface area contributed by atoms with Crippen LogP contribution in [0.2, 0.25) is 0 Å². The fraction of sp³-hybridized carbons (Fsp3) is 0. The van der Waals surface area contributed by atoms with E-state index < -0.39 is 5.97 Å². The molecular weight excluding hydrogens is 200 g/mol. The molecule has 2 heterocycles. The maximum Gasteiger partial charge on any atom is 0.328 e. The van der Waals surface area contributed by atoms with Crippen LogP contribution in [0.15, 0.2) is 24.4 Å². The fourth-order valence-electron chi connectivity index (χ4n) is 1.00. The van der Waals surface area contributed by atoms with Gasteiger partial charge in [0.15, 0.2) is 0 Å². The number of rotatable bonds is 2. The van der Waals surface area contributed by atoms with E-state index in [0.717, 1.165) is 16.4 Å². The Morgan fingerprint density at radius 2 is 2.43 bits per heavy atom. The number of thiazole rings is 1. The molecule has 2 rings (SSSR count). The van der Waals surface area contributed by atoms with E-state index in [1.165, 1.54) is 17.4 Å². The second kappa shape index (κ2) is 3.55. The van der Waals surface area contributed by atoms with E-state index in [2.05, 4.69) is 9.97 Å². The Morgan fingerprint density at radius 3 is 3.14 bits per heavy atom. The highest BCUT2D eigenvalue weighted by molar-refractivity contribution is 7.18. The first-order valence-electron chi connectivity index (χ1n) is 3.88. The number of carbonyl (C=O) groups is 1. The van der Waals surface area contributed by atoms with Crippen molar-refractivity contribution in [2.24, 2.45) is 0 Å². The zero-order chi connectivity index (χ0) is 9.97. The van der Waals surface area contributed by atoms with Crippen molar-refractivity contribution in [3.8, 4) is 0 Å². The molecule has 5 heteroatoms. The molecule has 0 radical (unpaired) electrons. The molecule has 2 aromatic rings. The Kier molecular flexibility index (Phi) is 2.24. The van der Waals surface area contributed by atoms with E-state index in [1.54, 1.807) is 12.3 Å². The number of aromatic nitrogens is 2. The summed E-state index contributed by atoms with van der Waals surface area (Å²) < 4.78 is 0. The molecule has 4 nitrogen and oxygen atoms in total. The minimum Gasteiger partial charge on any atom is -0.478 e. The second-order valence-electron chi connectivity index (χ2n) is 2.55. The van der Waals surface area contributed by atoms with Gasteiger partial charge in [-0.05, 0) is 18.2 Å². The van der Waals surface area contributed by atoms with Crippen LogP contribution in [0.4, 0.5) is 0 Å². The Labute approximate surface area is 83.6 Å². The summed E-state index contributed by atoms with van der Waals surface area (Å²) in [5.74, 6) is -0.975. The van der Waals surface area contributed by atoms with Gasteiger partial charge in [-0.25, -0.2) is 14.8 Å². The van der Waals surface area contributed by atoms with Gasteiger partial charge in [0.05, 0.1) is 0 Å². The van der Waals surface area contributed by atoms with E-state index in [-0.39, 0.29) is 0 Å². The monoisotopic (exact) mass is 206 g/mol. The molecule has 0 aromatic carbocycles. The zero-order valence-corrected chi connectivity index (χ0v) is 7.86. The van der Waals surface area contributed by atoms with Gasteiger partial charge in [-0.3, -0.25) is 0 Å². The highest BCUT2D eigenvalue weighted by Gasteiger charge is 2.00. The summed E-state index contributed by atoms with van der Waals surface area (Å²) in [4.78, 5) is 19.4. The third-order valence-electron chi connectivity index (χ3n) is 1.55. The molecule has 0 saturated carbocycles. The molecule has 0 aliphatic heterocycles. The lowest BCUT2D eigenvalue weighted by molar-refractivity contribution is -0.131. The fourth-order valence-corrected chi connectivity index (χ4v) is 1.81. The van der Waals surface area contributed by atoms with E-state index >= 15 is 0 Å². The first-order valence-corrected chi connectivity index (χ1v) is 4.70. The first-order chi connectivity index (χ1) is 6.75. The van der Waals surface area contributed by atoms with Gasteiger partial charge in [0.1, 0.15) is 15.4 Å². The molecule has 2 aromatic heterocycles. The molecule has 1 N–H and O–H groups in total. The summed E-state index contributed by atoms with van der Waals surface area (Å²) >= 11 is 1.37. The zero-order valence-electron chi connectivity index (χ0n) is 7.04. The van der Waals surface area contributed by atoms with Crippen molar-refractivity contribution in [2.45, 2.75) is 0 Å². The van der Waals surface area contributed by atoms with Gasteiger partial charge >= 0.3 is 5.97 Å². The predicted molar refractivity (Wildman–Crippen MR) is 54.1 cm³/mol. The number of hydrogen-bond donors (Lipinski definition) is 1. The molecule has 0 saturated heterocycles. The lowest BCUT2D eigenvalue weighted by Crippen LogP contribution is -1.84. The molecule has 0 unspecified atom stereocenters. The highest BCUT2D eigenvalue weighted by Crippen LogP contribution is 2.19. The first kappa shape index (κ1) is 8.83. The van der Waals surface area contributed by atoms with Gasteiger partial charge in [0.25, 0.3) is 0 Å². The average molecular weight is 206 g/mol. The van der Waals surface area contributed by atoms with Crippen LogP contribution in [0.3, 0.4) is 0 Å². The smallest absolute Gasteiger partial charge is 0.328 e. The topological polar surface area (TPSA) is 63.1 Å². The predicted octanol–water partition coefficient (Wildman–Crippen LogP) is 1.79. The summed E-state index contributed by atoms with van der Waals surface area (Å²) in [6, 6.07) is 3.64. The van der Waals surface area contributed by atoms with Crippen molar-refractivity contribution in [2.75, 3.05) is 0 Å². The normalized spacial score (nSPS) is 11.1. The Hall–Kier alpha value is -1.75. The molecular formula is C9H6N2O2S. The number of hydrogen-bond acceptors (Lipinski definition) is 4. The number of carboxylic acids is 1. The van der Waals surface area contributed by atoms with Gasteiger partial charge < -0.3 is 5.11 Å². The third kappa shape index (κ3) is 1.77. The second-order valence-corrected chi connectivity index (χ2v) is 3.56. The van der Waals surface area contributed by atoms with Crippen LogP contribution in [0.1, 0.15) is 5.01 Å². The third-order valence-corrected chi connectivity index (χ3v) is 2.50. The van der Waals surface area contributed by atoms with Crippen molar-refractivity contribution in [1.29, 1.82) is 0 Å². The molecule has 0 aliphatic rings. The number of nitrogens with zero attached hydrogens (tertiary/aromatic N) is 2. The lowest BCUT2D eigenvalue weighted by atomic mass is 10.4. The van der Waals surface area contributed by atoms with Crippen molar-refractivity contribution < 1.29 is 9.90 Å². The summed E-state index contributed by atoms with van der Waals surface area (Å²) in [6.07, 6.45) is 4.22. The minimum absolute atomic E-state index is 0.654. The van der Waals surface area contributed by atoms with Crippen molar-refractivity contribution >= 4 is 33.7 Å². The van der Waals surface area contributed by atoms with Crippen LogP contribution in [0, 0.1) is 0 Å². The summed E-state index contributed by atoms with van der Waals surface area (Å²) in [5, 5.41) is 9.08. The van der Waals surface area contributed by atoms with E-state index in [4.69, 9.17) is 5.11 Å².